The van der Waals surface area contributed by atoms with E-state index in [4.69, 9.17) is 0 Å². The van der Waals surface area contributed by atoms with Crippen molar-refractivity contribution in [2.45, 2.75) is 25.3 Å². The van der Waals surface area contributed by atoms with Crippen molar-refractivity contribution in [1.82, 2.24) is 14.9 Å². The summed E-state index contributed by atoms with van der Waals surface area (Å²) in [5.41, 5.74) is 0. The highest BCUT2D eigenvalue weighted by Crippen LogP contribution is 2.30. The summed E-state index contributed by atoms with van der Waals surface area (Å²) >= 11 is 1.70. The molecule has 4 heterocycles. The van der Waals surface area contributed by atoms with E-state index in [2.05, 4.69) is 31.2 Å². The summed E-state index contributed by atoms with van der Waals surface area (Å²) in [4.78, 5) is 15.1. The van der Waals surface area contributed by atoms with E-state index >= 15 is 0 Å². The van der Waals surface area contributed by atoms with Gasteiger partial charge in [0.25, 0.3) is 0 Å². The van der Waals surface area contributed by atoms with Crippen molar-refractivity contribution in [1.29, 1.82) is 0 Å². The Morgan fingerprint density at radius 1 is 1.16 bits per heavy atom. The molecule has 0 N–H and O–H groups in total. The van der Waals surface area contributed by atoms with Gasteiger partial charge in [-0.15, -0.1) is 11.3 Å². The largest absolute Gasteiger partial charge is 0.353 e. The van der Waals surface area contributed by atoms with Crippen LogP contribution < -0.4 is 4.90 Å². The minimum Gasteiger partial charge on any atom is -0.353 e. The fourth-order valence-electron chi connectivity index (χ4n) is 3.38. The summed E-state index contributed by atoms with van der Waals surface area (Å²) in [7, 11) is 0. The third-order valence-electron chi connectivity index (χ3n) is 4.38. The number of rotatable bonds is 1. The molecule has 2 saturated heterocycles. The molecule has 4 nitrogen and oxygen atoms in total. The Hall–Kier alpha value is -1.20. The molecule has 2 aliphatic heterocycles. The molecule has 2 aromatic heterocycles. The van der Waals surface area contributed by atoms with Crippen LogP contribution in [0.2, 0.25) is 0 Å². The summed E-state index contributed by atoms with van der Waals surface area (Å²) in [5.74, 6) is 1.14. The summed E-state index contributed by atoms with van der Waals surface area (Å²) in [6.45, 7) is 4.69. The number of anilines is 1. The van der Waals surface area contributed by atoms with Gasteiger partial charge >= 0.3 is 0 Å². The lowest BCUT2D eigenvalue weighted by Gasteiger charge is -2.44. The zero-order valence-electron chi connectivity index (χ0n) is 11.0. The lowest BCUT2D eigenvalue weighted by atomic mass is 9.99. The maximum Gasteiger partial charge on any atom is 0.140 e. The van der Waals surface area contributed by atoms with E-state index in [0.29, 0.717) is 0 Å². The number of fused-ring (bicyclic) bond motifs is 2. The first-order chi connectivity index (χ1) is 9.42. The molecule has 19 heavy (non-hydrogen) atoms. The highest BCUT2D eigenvalue weighted by molar-refractivity contribution is 7.16. The van der Waals surface area contributed by atoms with Crippen LogP contribution in [-0.4, -0.2) is 47.1 Å². The van der Waals surface area contributed by atoms with E-state index in [-0.39, 0.29) is 0 Å². The average molecular weight is 274 g/mol. The number of piperazine rings is 1. The molecule has 100 valence electrons. The number of aromatic nitrogens is 2. The van der Waals surface area contributed by atoms with E-state index in [1.54, 1.807) is 17.7 Å². The van der Waals surface area contributed by atoms with Gasteiger partial charge in [-0.2, -0.15) is 0 Å². The monoisotopic (exact) mass is 274 g/mol. The van der Waals surface area contributed by atoms with E-state index in [1.807, 2.05) is 0 Å². The van der Waals surface area contributed by atoms with Crippen LogP contribution >= 0.6 is 11.3 Å². The second kappa shape index (κ2) is 4.72. The molecule has 1 atom stereocenters. The Bertz CT molecular complexity index is 582. The van der Waals surface area contributed by atoms with Crippen molar-refractivity contribution in [2.24, 2.45) is 0 Å². The Morgan fingerprint density at radius 3 is 3.16 bits per heavy atom. The van der Waals surface area contributed by atoms with Gasteiger partial charge in [0, 0.05) is 25.7 Å². The summed E-state index contributed by atoms with van der Waals surface area (Å²) < 4.78 is 0. The highest BCUT2D eigenvalue weighted by Gasteiger charge is 2.30. The number of hydrogen-bond acceptors (Lipinski definition) is 5. The Labute approximate surface area is 117 Å². The van der Waals surface area contributed by atoms with E-state index in [0.717, 1.165) is 29.8 Å². The minimum absolute atomic E-state index is 0.728. The lowest BCUT2D eigenvalue weighted by Crippen LogP contribution is -2.55. The first-order valence-corrected chi connectivity index (χ1v) is 7.97. The van der Waals surface area contributed by atoms with Crippen molar-refractivity contribution in [3.05, 3.63) is 17.8 Å². The van der Waals surface area contributed by atoms with Crippen molar-refractivity contribution < 1.29 is 0 Å². The minimum atomic E-state index is 0.728. The zero-order valence-corrected chi connectivity index (χ0v) is 11.8. The normalized spacial score (nSPS) is 24.6. The molecular weight excluding hydrogens is 256 g/mol. The van der Waals surface area contributed by atoms with Crippen molar-refractivity contribution in [2.75, 3.05) is 31.1 Å². The molecule has 5 heteroatoms. The Balaban J connectivity index is 1.64. The Kier molecular flexibility index (Phi) is 2.89. The molecule has 0 spiro atoms. The van der Waals surface area contributed by atoms with Crippen LogP contribution in [-0.2, 0) is 0 Å². The molecule has 0 aliphatic carbocycles. The number of piperidine rings is 1. The van der Waals surface area contributed by atoms with Crippen LogP contribution in [0.5, 0.6) is 0 Å². The van der Waals surface area contributed by atoms with Gasteiger partial charge in [-0.3, -0.25) is 4.90 Å². The van der Waals surface area contributed by atoms with Gasteiger partial charge in [-0.25, -0.2) is 9.97 Å². The van der Waals surface area contributed by atoms with Gasteiger partial charge in [-0.1, -0.05) is 6.42 Å². The smallest absolute Gasteiger partial charge is 0.140 e. The molecule has 0 bridgehead atoms. The molecule has 0 amide bonds. The summed E-state index contributed by atoms with van der Waals surface area (Å²) in [6.07, 6.45) is 5.81. The second-order valence-electron chi connectivity index (χ2n) is 5.47. The molecule has 4 rings (SSSR count). The van der Waals surface area contributed by atoms with Crippen molar-refractivity contribution >= 4 is 27.4 Å². The molecule has 0 radical (unpaired) electrons. The SMILES string of the molecule is c1nc(N2CCN3CCCC[C@H]3C2)c2ccsc2n1. The molecule has 2 aliphatic rings. The second-order valence-corrected chi connectivity index (χ2v) is 6.36. The van der Waals surface area contributed by atoms with E-state index < -0.39 is 0 Å². The standard InChI is InChI=1S/C14H18N4S/c1-2-5-17-6-7-18(9-11(17)3-1)13-12-4-8-19-14(12)16-10-15-13/h4,8,10-11H,1-3,5-7,9H2/t11-/m0/s1. The maximum atomic E-state index is 4.54. The van der Waals surface area contributed by atoms with Gasteiger partial charge in [0.15, 0.2) is 0 Å². The third kappa shape index (κ3) is 2.01. The predicted molar refractivity (Wildman–Crippen MR) is 78.8 cm³/mol. The van der Waals surface area contributed by atoms with Crippen LogP contribution in [0.3, 0.4) is 0 Å². The van der Waals surface area contributed by atoms with E-state index in [9.17, 15) is 0 Å². The first-order valence-electron chi connectivity index (χ1n) is 7.09. The summed E-state index contributed by atoms with van der Waals surface area (Å²) in [5, 5.41) is 3.33. The van der Waals surface area contributed by atoms with Crippen LogP contribution in [0.1, 0.15) is 19.3 Å². The van der Waals surface area contributed by atoms with Crippen LogP contribution in [0.25, 0.3) is 10.2 Å². The topological polar surface area (TPSA) is 32.3 Å². The predicted octanol–water partition coefficient (Wildman–Crippen LogP) is 2.37. The number of thiophene rings is 1. The molecular formula is C14H18N4S. The summed E-state index contributed by atoms with van der Waals surface area (Å²) in [6, 6.07) is 2.88. The maximum absolute atomic E-state index is 4.54. The van der Waals surface area contributed by atoms with Crippen LogP contribution in [0.4, 0.5) is 5.82 Å². The highest BCUT2D eigenvalue weighted by atomic mass is 32.1. The third-order valence-corrected chi connectivity index (χ3v) is 5.20. The average Bonchev–Trinajstić information content (AvgIpc) is 2.95. The molecule has 2 aromatic rings. The Morgan fingerprint density at radius 2 is 2.16 bits per heavy atom. The van der Waals surface area contributed by atoms with Crippen molar-refractivity contribution in [3.63, 3.8) is 0 Å². The van der Waals surface area contributed by atoms with Crippen LogP contribution in [0.15, 0.2) is 17.8 Å². The molecule has 0 unspecified atom stereocenters. The van der Waals surface area contributed by atoms with E-state index in [1.165, 1.54) is 37.7 Å². The fraction of sp³-hybridized carbons (Fsp3) is 0.571. The van der Waals surface area contributed by atoms with Gasteiger partial charge in [-0.05, 0) is 30.8 Å². The van der Waals surface area contributed by atoms with Crippen LogP contribution in [0, 0.1) is 0 Å². The van der Waals surface area contributed by atoms with Crippen molar-refractivity contribution in [3.8, 4) is 0 Å². The van der Waals surface area contributed by atoms with Gasteiger partial charge in [0.2, 0.25) is 0 Å². The lowest BCUT2D eigenvalue weighted by molar-refractivity contribution is 0.133. The van der Waals surface area contributed by atoms with Gasteiger partial charge < -0.3 is 4.90 Å². The first kappa shape index (κ1) is 11.6. The quantitative estimate of drug-likeness (QED) is 0.799. The zero-order chi connectivity index (χ0) is 12.7. The van der Waals surface area contributed by atoms with Gasteiger partial charge in [0.1, 0.15) is 17.0 Å². The fourth-order valence-corrected chi connectivity index (χ4v) is 4.10. The number of hydrogen-bond donors (Lipinski definition) is 0. The molecule has 2 fully saturated rings. The number of nitrogens with zero attached hydrogens (tertiary/aromatic N) is 4. The molecule has 0 saturated carbocycles. The molecule has 0 aromatic carbocycles. The van der Waals surface area contributed by atoms with Gasteiger partial charge in [0.05, 0.1) is 5.39 Å².